The van der Waals surface area contributed by atoms with Crippen molar-refractivity contribution >= 4 is 0 Å². The van der Waals surface area contributed by atoms with E-state index >= 15 is 0 Å². The monoisotopic (exact) mass is 261 g/mol. The quantitative estimate of drug-likeness (QED) is 0.705. The van der Waals surface area contributed by atoms with Gasteiger partial charge in [-0.3, -0.25) is 0 Å². The molecule has 1 atom stereocenters. The minimum atomic E-state index is 0.217. The minimum absolute atomic E-state index is 0.217. The van der Waals surface area contributed by atoms with Crippen LogP contribution in [0.15, 0.2) is 24.3 Å². The average molecular weight is 261 g/mol. The molecule has 1 unspecified atom stereocenters. The molecular formula is C16H23NO2. The van der Waals surface area contributed by atoms with E-state index in [2.05, 4.69) is 25.1 Å². The SMILES string of the molecule is C#CCOc1ccc(CNC(CCO)C(C)C)cc1. The van der Waals surface area contributed by atoms with Gasteiger partial charge in [0.1, 0.15) is 12.4 Å². The maximum atomic E-state index is 9.03. The van der Waals surface area contributed by atoms with E-state index in [4.69, 9.17) is 16.3 Å². The highest BCUT2D eigenvalue weighted by atomic mass is 16.5. The number of aliphatic hydroxyl groups excluding tert-OH is 1. The van der Waals surface area contributed by atoms with Crippen LogP contribution in [0.2, 0.25) is 0 Å². The molecule has 104 valence electrons. The second-order valence-corrected chi connectivity index (χ2v) is 4.88. The Labute approximate surface area is 116 Å². The molecule has 0 aliphatic carbocycles. The summed E-state index contributed by atoms with van der Waals surface area (Å²) < 4.78 is 5.32. The standard InChI is InChI=1S/C16H23NO2/c1-4-11-19-15-7-5-14(6-8-15)12-17-16(9-10-18)13(2)3/h1,5-8,13,16-18H,9-12H2,2-3H3. The average Bonchev–Trinajstić information content (AvgIpc) is 2.42. The van der Waals surface area contributed by atoms with Crippen LogP contribution >= 0.6 is 0 Å². The zero-order valence-corrected chi connectivity index (χ0v) is 11.7. The second kappa shape index (κ2) is 8.58. The first-order valence-corrected chi connectivity index (χ1v) is 6.66. The number of aliphatic hydroxyl groups is 1. The van der Waals surface area contributed by atoms with E-state index in [1.165, 1.54) is 5.56 Å². The van der Waals surface area contributed by atoms with Crippen LogP contribution < -0.4 is 10.1 Å². The molecule has 0 aromatic heterocycles. The van der Waals surface area contributed by atoms with Gasteiger partial charge in [0.25, 0.3) is 0 Å². The number of nitrogens with one attached hydrogen (secondary N) is 1. The summed E-state index contributed by atoms with van der Waals surface area (Å²) in [6, 6.07) is 8.22. The summed E-state index contributed by atoms with van der Waals surface area (Å²) in [5.74, 6) is 3.73. The molecule has 3 nitrogen and oxygen atoms in total. The second-order valence-electron chi connectivity index (χ2n) is 4.88. The third-order valence-corrected chi connectivity index (χ3v) is 3.06. The molecule has 0 saturated heterocycles. The molecule has 0 saturated carbocycles. The van der Waals surface area contributed by atoms with Gasteiger partial charge in [0.15, 0.2) is 0 Å². The molecule has 0 bridgehead atoms. The Morgan fingerprint density at radius 1 is 1.32 bits per heavy atom. The molecular weight excluding hydrogens is 238 g/mol. The Balaban J connectivity index is 2.46. The highest BCUT2D eigenvalue weighted by Gasteiger charge is 2.11. The van der Waals surface area contributed by atoms with Crippen molar-refractivity contribution in [2.75, 3.05) is 13.2 Å². The zero-order chi connectivity index (χ0) is 14.1. The van der Waals surface area contributed by atoms with Crippen LogP contribution in [0.5, 0.6) is 5.75 Å². The lowest BCUT2D eigenvalue weighted by Gasteiger charge is -2.21. The van der Waals surface area contributed by atoms with E-state index < -0.39 is 0 Å². The van der Waals surface area contributed by atoms with E-state index in [0.717, 1.165) is 18.7 Å². The Kier molecular flexibility index (Phi) is 7.02. The summed E-state index contributed by atoms with van der Waals surface area (Å²) in [5.41, 5.74) is 1.19. The van der Waals surface area contributed by atoms with E-state index in [1.807, 2.05) is 24.3 Å². The number of hydrogen-bond acceptors (Lipinski definition) is 3. The Hall–Kier alpha value is -1.50. The van der Waals surface area contributed by atoms with Gasteiger partial charge in [-0.25, -0.2) is 0 Å². The van der Waals surface area contributed by atoms with Crippen LogP contribution in [0.4, 0.5) is 0 Å². The smallest absolute Gasteiger partial charge is 0.148 e. The molecule has 0 aliphatic heterocycles. The predicted octanol–water partition coefficient (Wildman–Crippen LogP) is 2.20. The molecule has 3 heteroatoms. The van der Waals surface area contributed by atoms with Crippen molar-refractivity contribution in [1.82, 2.24) is 5.32 Å². The number of terminal acetylenes is 1. The lowest BCUT2D eigenvalue weighted by Crippen LogP contribution is -2.34. The van der Waals surface area contributed by atoms with Gasteiger partial charge in [-0.05, 0) is 30.0 Å². The number of rotatable bonds is 8. The summed E-state index contributed by atoms with van der Waals surface area (Å²) in [7, 11) is 0. The van der Waals surface area contributed by atoms with Crippen molar-refractivity contribution in [2.24, 2.45) is 5.92 Å². The normalized spacial score (nSPS) is 12.2. The van der Waals surface area contributed by atoms with Crippen molar-refractivity contribution in [3.63, 3.8) is 0 Å². The Bertz CT molecular complexity index is 392. The van der Waals surface area contributed by atoms with Crippen molar-refractivity contribution in [2.45, 2.75) is 32.9 Å². The molecule has 1 rings (SSSR count). The zero-order valence-electron chi connectivity index (χ0n) is 11.7. The molecule has 19 heavy (non-hydrogen) atoms. The van der Waals surface area contributed by atoms with Crippen molar-refractivity contribution in [1.29, 1.82) is 0 Å². The summed E-state index contributed by atoms with van der Waals surface area (Å²) in [6.45, 7) is 5.62. The molecule has 0 aliphatic rings. The lowest BCUT2D eigenvalue weighted by molar-refractivity contribution is 0.244. The van der Waals surface area contributed by atoms with E-state index in [9.17, 15) is 0 Å². The maximum absolute atomic E-state index is 9.03. The van der Waals surface area contributed by atoms with Crippen molar-refractivity contribution in [3.05, 3.63) is 29.8 Å². The van der Waals surface area contributed by atoms with Crippen LogP contribution in [0.1, 0.15) is 25.8 Å². The fourth-order valence-corrected chi connectivity index (χ4v) is 1.89. The van der Waals surface area contributed by atoms with Gasteiger partial charge in [0, 0.05) is 19.2 Å². The third kappa shape index (κ3) is 5.78. The van der Waals surface area contributed by atoms with Crippen LogP contribution in [-0.2, 0) is 6.54 Å². The first-order chi connectivity index (χ1) is 9.17. The molecule has 0 radical (unpaired) electrons. The molecule has 0 heterocycles. The van der Waals surface area contributed by atoms with E-state index in [0.29, 0.717) is 18.6 Å². The summed E-state index contributed by atoms with van der Waals surface area (Å²) in [5, 5.41) is 12.5. The topological polar surface area (TPSA) is 41.5 Å². The first kappa shape index (κ1) is 15.6. The lowest BCUT2D eigenvalue weighted by atomic mass is 10.0. The van der Waals surface area contributed by atoms with Gasteiger partial charge in [-0.15, -0.1) is 6.42 Å². The van der Waals surface area contributed by atoms with Crippen LogP contribution in [0, 0.1) is 18.3 Å². The molecule has 1 aromatic rings. The van der Waals surface area contributed by atoms with Crippen LogP contribution in [0.3, 0.4) is 0 Å². The van der Waals surface area contributed by atoms with Gasteiger partial charge in [0.2, 0.25) is 0 Å². The van der Waals surface area contributed by atoms with Crippen molar-refractivity contribution in [3.8, 4) is 18.1 Å². The molecule has 0 spiro atoms. The summed E-state index contributed by atoms with van der Waals surface area (Å²) in [4.78, 5) is 0. The van der Waals surface area contributed by atoms with Crippen molar-refractivity contribution < 1.29 is 9.84 Å². The van der Waals surface area contributed by atoms with Gasteiger partial charge in [-0.2, -0.15) is 0 Å². The third-order valence-electron chi connectivity index (χ3n) is 3.06. The van der Waals surface area contributed by atoms with Gasteiger partial charge < -0.3 is 15.2 Å². The maximum Gasteiger partial charge on any atom is 0.148 e. The Morgan fingerprint density at radius 2 is 2.00 bits per heavy atom. The summed E-state index contributed by atoms with van der Waals surface area (Å²) in [6.07, 6.45) is 5.92. The van der Waals surface area contributed by atoms with Crippen LogP contribution in [0.25, 0.3) is 0 Å². The minimum Gasteiger partial charge on any atom is -0.481 e. The number of benzene rings is 1. The number of ether oxygens (including phenoxy) is 1. The van der Waals surface area contributed by atoms with Gasteiger partial charge >= 0.3 is 0 Å². The largest absolute Gasteiger partial charge is 0.481 e. The molecule has 0 fully saturated rings. The number of hydrogen-bond donors (Lipinski definition) is 2. The molecule has 1 aromatic carbocycles. The van der Waals surface area contributed by atoms with Crippen LogP contribution in [-0.4, -0.2) is 24.4 Å². The molecule has 0 amide bonds. The highest BCUT2D eigenvalue weighted by Crippen LogP contribution is 2.13. The fourth-order valence-electron chi connectivity index (χ4n) is 1.89. The highest BCUT2D eigenvalue weighted by molar-refractivity contribution is 5.27. The predicted molar refractivity (Wildman–Crippen MR) is 77.9 cm³/mol. The first-order valence-electron chi connectivity index (χ1n) is 6.66. The Morgan fingerprint density at radius 3 is 2.53 bits per heavy atom. The van der Waals surface area contributed by atoms with Gasteiger partial charge in [-0.1, -0.05) is 31.9 Å². The van der Waals surface area contributed by atoms with E-state index in [1.54, 1.807) is 0 Å². The molecule has 2 N–H and O–H groups in total. The fraction of sp³-hybridized carbons (Fsp3) is 0.500. The van der Waals surface area contributed by atoms with Gasteiger partial charge in [0.05, 0.1) is 0 Å². The summed E-state index contributed by atoms with van der Waals surface area (Å²) >= 11 is 0. The van der Waals surface area contributed by atoms with E-state index in [-0.39, 0.29) is 6.61 Å².